The second-order valence-corrected chi connectivity index (χ2v) is 6.85. The molecule has 30 heavy (non-hydrogen) atoms. The first-order valence-corrected chi connectivity index (χ1v) is 9.12. The minimum absolute atomic E-state index is 0.186. The van der Waals surface area contributed by atoms with E-state index in [1.165, 1.54) is 36.5 Å². The van der Waals surface area contributed by atoms with Crippen LogP contribution in [0, 0.1) is 5.82 Å². The normalized spacial score (nSPS) is 11.5. The molecule has 0 atom stereocenters. The summed E-state index contributed by atoms with van der Waals surface area (Å²) in [7, 11) is 0. The molecule has 0 aliphatic carbocycles. The molecule has 4 rings (SSSR count). The highest BCUT2D eigenvalue weighted by atomic mass is 35.5. The topological polar surface area (TPSA) is 38.7 Å². The number of benzene rings is 3. The second-order valence-electron chi connectivity index (χ2n) is 6.44. The predicted octanol–water partition coefficient (Wildman–Crippen LogP) is 6.68. The van der Waals surface area contributed by atoms with Crippen molar-refractivity contribution in [2.45, 2.75) is 6.18 Å². The van der Waals surface area contributed by atoms with Gasteiger partial charge in [0.2, 0.25) is 0 Å². The van der Waals surface area contributed by atoms with E-state index in [0.29, 0.717) is 16.8 Å². The number of alkyl halides is 3. The highest BCUT2D eigenvalue weighted by Crippen LogP contribution is 2.31. The second kappa shape index (κ2) is 7.84. The van der Waals surface area contributed by atoms with E-state index in [-0.39, 0.29) is 10.8 Å². The van der Waals surface area contributed by atoms with Crippen LogP contribution in [0.3, 0.4) is 0 Å². The number of nitrogens with zero attached hydrogens (tertiary/aromatic N) is 3. The van der Waals surface area contributed by atoms with Crippen LogP contribution in [-0.4, -0.2) is 15.2 Å². The van der Waals surface area contributed by atoms with Crippen LogP contribution in [0.2, 0.25) is 5.02 Å². The summed E-state index contributed by atoms with van der Waals surface area (Å²) in [5.41, 5.74) is 2.46. The molecule has 0 bridgehead atoms. The van der Waals surface area contributed by atoms with E-state index in [1.807, 2.05) is 0 Å². The van der Waals surface area contributed by atoms with E-state index in [4.69, 9.17) is 11.6 Å². The molecular formula is C22H12ClF4N3. The zero-order valence-electron chi connectivity index (χ0n) is 15.2. The van der Waals surface area contributed by atoms with Crippen LogP contribution in [0.5, 0.6) is 0 Å². The summed E-state index contributed by atoms with van der Waals surface area (Å²) in [4.78, 5) is 4.24. The molecule has 0 aliphatic heterocycles. The van der Waals surface area contributed by atoms with Crippen molar-refractivity contribution in [3.05, 3.63) is 89.3 Å². The fourth-order valence-corrected chi connectivity index (χ4v) is 3.14. The Morgan fingerprint density at radius 3 is 1.87 bits per heavy atom. The zero-order chi connectivity index (χ0) is 21.3. The lowest BCUT2D eigenvalue weighted by molar-refractivity contribution is -0.137. The Hall–Kier alpha value is -3.32. The van der Waals surface area contributed by atoms with Crippen molar-refractivity contribution in [1.82, 2.24) is 15.2 Å². The molecule has 1 heterocycles. The average Bonchev–Trinajstić information content (AvgIpc) is 2.74. The summed E-state index contributed by atoms with van der Waals surface area (Å²) < 4.78 is 51.3. The van der Waals surface area contributed by atoms with Gasteiger partial charge in [0.1, 0.15) is 11.5 Å². The Labute approximate surface area is 174 Å². The van der Waals surface area contributed by atoms with Gasteiger partial charge in [0.05, 0.1) is 16.8 Å². The molecule has 0 amide bonds. The van der Waals surface area contributed by atoms with Crippen molar-refractivity contribution >= 4 is 11.6 Å². The third-order valence-corrected chi connectivity index (χ3v) is 4.77. The number of halogens is 5. The van der Waals surface area contributed by atoms with Gasteiger partial charge in [0.15, 0.2) is 5.82 Å². The van der Waals surface area contributed by atoms with Gasteiger partial charge in [-0.1, -0.05) is 48.0 Å². The van der Waals surface area contributed by atoms with Crippen LogP contribution in [0.4, 0.5) is 17.6 Å². The highest BCUT2D eigenvalue weighted by molar-refractivity contribution is 6.33. The maximum absolute atomic E-state index is 13.2. The lowest BCUT2D eigenvalue weighted by atomic mass is 10.0. The Balaban J connectivity index is 1.55. The molecule has 1 aromatic heterocycles. The van der Waals surface area contributed by atoms with Crippen molar-refractivity contribution in [1.29, 1.82) is 0 Å². The van der Waals surface area contributed by atoms with Gasteiger partial charge >= 0.3 is 6.18 Å². The maximum Gasteiger partial charge on any atom is 0.416 e. The van der Waals surface area contributed by atoms with Crippen LogP contribution >= 0.6 is 11.6 Å². The van der Waals surface area contributed by atoms with Crippen molar-refractivity contribution in [3.63, 3.8) is 0 Å². The Kier molecular flexibility index (Phi) is 5.22. The first kappa shape index (κ1) is 20.0. The van der Waals surface area contributed by atoms with Crippen molar-refractivity contribution in [2.24, 2.45) is 0 Å². The molecule has 0 aliphatic rings. The Bertz CT molecular complexity index is 1170. The fraction of sp³-hybridized carbons (Fsp3) is 0.0455. The van der Waals surface area contributed by atoms with E-state index in [0.717, 1.165) is 23.3 Å². The Morgan fingerprint density at radius 1 is 0.733 bits per heavy atom. The quantitative estimate of drug-likeness (QED) is 0.341. The number of hydrogen-bond donors (Lipinski definition) is 0. The van der Waals surface area contributed by atoms with Crippen LogP contribution in [0.1, 0.15) is 5.56 Å². The maximum atomic E-state index is 13.2. The third kappa shape index (κ3) is 4.16. The van der Waals surface area contributed by atoms with Crippen molar-refractivity contribution < 1.29 is 17.6 Å². The van der Waals surface area contributed by atoms with Gasteiger partial charge in [-0.3, -0.25) is 0 Å². The molecule has 3 aromatic carbocycles. The summed E-state index contributed by atoms with van der Waals surface area (Å²) in [6.45, 7) is 0. The molecular weight excluding hydrogens is 418 g/mol. The molecule has 8 heteroatoms. The summed E-state index contributed by atoms with van der Waals surface area (Å²) in [6, 6.07) is 16.0. The third-order valence-electron chi connectivity index (χ3n) is 4.46. The molecule has 3 nitrogen and oxygen atoms in total. The standard InChI is InChI=1S/C22H12ClF4N3/c23-19-11-17(24)9-10-18(19)21-28-12-20(29-30-21)15-3-1-13(2-4-15)14-5-7-16(8-6-14)22(25,26)27/h1-12H. The fourth-order valence-electron chi connectivity index (χ4n) is 2.89. The summed E-state index contributed by atoms with van der Waals surface area (Å²) >= 11 is 6.02. The van der Waals surface area contributed by atoms with Crippen LogP contribution in [0.15, 0.2) is 72.9 Å². The lowest BCUT2D eigenvalue weighted by Gasteiger charge is -2.08. The van der Waals surface area contributed by atoms with Crippen LogP contribution < -0.4 is 0 Å². The summed E-state index contributed by atoms with van der Waals surface area (Å²) in [5, 5.41) is 8.38. The molecule has 0 radical (unpaired) electrons. The van der Waals surface area contributed by atoms with Gasteiger partial charge in [0, 0.05) is 11.1 Å². The van der Waals surface area contributed by atoms with E-state index < -0.39 is 17.6 Å². The van der Waals surface area contributed by atoms with Gasteiger partial charge < -0.3 is 0 Å². The van der Waals surface area contributed by atoms with E-state index in [2.05, 4.69) is 15.2 Å². The number of hydrogen-bond acceptors (Lipinski definition) is 3. The summed E-state index contributed by atoms with van der Waals surface area (Å²) in [6.07, 6.45) is -2.84. The Morgan fingerprint density at radius 2 is 1.33 bits per heavy atom. The van der Waals surface area contributed by atoms with Gasteiger partial charge in [-0.2, -0.15) is 13.2 Å². The average molecular weight is 430 g/mol. The molecule has 4 aromatic rings. The SMILES string of the molecule is Fc1ccc(-c2ncc(-c3ccc(-c4ccc(C(F)(F)F)cc4)cc3)nn2)c(Cl)c1. The monoisotopic (exact) mass is 429 g/mol. The van der Waals surface area contributed by atoms with E-state index in [1.54, 1.807) is 24.3 Å². The minimum Gasteiger partial charge on any atom is -0.233 e. The molecule has 150 valence electrons. The first-order valence-electron chi connectivity index (χ1n) is 8.74. The molecule has 0 spiro atoms. The van der Waals surface area contributed by atoms with Gasteiger partial charge in [-0.15, -0.1) is 10.2 Å². The van der Waals surface area contributed by atoms with E-state index in [9.17, 15) is 17.6 Å². The van der Waals surface area contributed by atoms with Gasteiger partial charge in [-0.05, 0) is 41.5 Å². The highest BCUT2D eigenvalue weighted by Gasteiger charge is 2.29. The first-order chi connectivity index (χ1) is 14.3. The smallest absolute Gasteiger partial charge is 0.233 e. The van der Waals surface area contributed by atoms with Gasteiger partial charge in [-0.25, -0.2) is 9.37 Å². The molecule has 0 unspecified atom stereocenters. The van der Waals surface area contributed by atoms with Crippen molar-refractivity contribution in [2.75, 3.05) is 0 Å². The molecule has 0 saturated heterocycles. The zero-order valence-corrected chi connectivity index (χ0v) is 15.9. The number of rotatable bonds is 3. The number of aromatic nitrogens is 3. The van der Waals surface area contributed by atoms with Crippen molar-refractivity contribution in [3.8, 4) is 33.8 Å². The summed E-state index contributed by atoms with van der Waals surface area (Å²) in [5.74, 6) is -0.188. The van der Waals surface area contributed by atoms with Gasteiger partial charge in [0.25, 0.3) is 0 Å². The van der Waals surface area contributed by atoms with Crippen LogP contribution in [-0.2, 0) is 6.18 Å². The van der Waals surface area contributed by atoms with Crippen LogP contribution in [0.25, 0.3) is 33.8 Å². The molecule has 0 fully saturated rings. The lowest BCUT2D eigenvalue weighted by Crippen LogP contribution is -2.03. The molecule has 0 N–H and O–H groups in total. The van der Waals surface area contributed by atoms with E-state index >= 15 is 0 Å². The molecule has 0 saturated carbocycles. The largest absolute Gasteiger partial charge is 0.416 e. The minimum atomic E-state index is -4.36. The predicted molar refractivity (Wildman–Crippen MR) is 106 cm³/mol.